The van der Waals surface area contributed by atoms with Crippen LogP contribution in [0, 0.1) is 0 Å². The lowest BCUT2D eigenvalue weighted by Gasteiger charge is -2.16. The first-order valence-electron chi connectivity index (χ1n) is 11.3. The van der Waals surface area contributed by atoms with E-state index in [4.69, 9.17) is 9.47 Å². The van der Waals surface area contributed by atoms with Crippen molar-refractivity contribution in [1.29, 1.82) is 0 Å². The average Bonchev–Trinajstić information content (AvgIpc) is 3.56. The highest BCUT2D eigenvalue weighted by molar-refractivity contribution is 5.88. The third kappa shape index (κ3) is 4.61. The Bertz CT molecular complexity index is 1450. The lowest BCUT2D eigenvalue weighted by atomic mass is 10.1. The van der Waals surface area contributed by atoms with Crippen LogP contribution in [-0.4, -0.2) is 41.9 Å². The Hall–Kier alpha value is -4.53. The SMILES string of the molecule is CCOC(=O)c1cnn(-c2nc(OCc3ccccc3)c3c(ncn3C(C)c3ccccc3)n2)c1. The summed E-state index contributed by atoms with van der Waals surface area (Å²) in [5, 5.41) is 4.25. The van der Waals surface area contributed by atoms with Crippen LogP contribution in [-0.2, 0) is 11.3 Å². The van der Waals surface area contributed by atoms with Gasteiger partial charge in [0.2, 0.25) is 5.88 Å². The van der Waals surface area contributed by atoms with Gasteiger partial charge in [-0.25, -0.2) is 14.5 Å². The van der Waals surface area contributed by atoms with E-state index in [0.717, 1.165) is 11.1 Å². The Morgan fingerprint density at radius 1 is 1.03 bits per heavy atom. The molecule has 0 radical (unpaired) electrons. The molecule has 0 aliphatic rings. The van der Waals surface area contributed by atoms with Crippen LogP contribution < -0.4 is 4.74 Å². The minimum Gasteiger partial charge on any atom is -0.471 e. The summed E-state index contributed by atoms with van der Waals surface area (Å²) in [5.41, 5.74) is 3.58. The summed E-state index contributed by atoms with van der Waals surface area (Å²) >= 11 is 0. The van der Waals surface area contributed by atoms with Crippen molar-refractivity contribution < 1.29 is 14.3 Å². The number of imidazole rings is 1. The van der Waals surface area contributed by atoms with Gasteiger partial charge in [-0.15, -0.1) is 0 Å². The van der Waals surface area contributed by atoms with Gasteiger partial charge in [0.15, 0.2) is 11.2 Å². The first-order valence-corrected chi connectivity index (χ1v) is 11.3. The molecule has 1 atom stereocenters. The monoisotopic (exact) mass is 468 g/mol. The van der Waals surface area contributed by atoms with Crippen molar-refractivity contribution >= 4 is 17.1 Å². The van der Waals surface area contributed by atoms with Crippen molar-refractivity contribution in [2.75, 3.05) is 6.61 Å². The molecule has 0 N–H and O–H groups in total. The minimum absolute atomic E-state index is 0.0187. The van der Waals surface area contributed by atoms with Gasteiger partial charge in [-0.3, -0.25) is 0 Å². The first-order chi connectivity index (χ1) is 17.1. The van der Waals surface area contributed by atoms with Crippen LogP contribution in [0.1, 0.15) is 41.4 Å². The fraction of sp³-hybridized carbons (Fsp3) is 0.192. The van der Waals surface area contributed by atoms with E-state index in [1.54, 1.807) is 13.3 Å². The quantitative estimate of drug-likeness (QED) is 0.312. The standard InChI is InChI=1S/C26H24N6O3/c1-3-34-25(33)21-14-28-32(15-21)26-29-23-22(24(30-26)35-16-19-10-6-4-7-11-19)31(17-27-23)18(2)20-12-8-5-9-13-20/h4-15,17-18H,3,16H2,1-2H3. The van der Waals surface area contributed by atoms with Crippen LogP contribution in [0.2, 0.25) is 0 Å². The van der Waals surface area contributed by atoms with Gasteiger partial charge in [0.05, 0.1) is 30.7 Å². The number of nitrogens with zero attached hydrogens (tertiary/aromatic N) is 6. The summed E-state index contributed by atoms with van der Waals surface area (Å²) in [6.07, 6.45) is 4.69. The highest BCUT2D eigenvalue weighted by Crippen LogP contribution is 2.29. The molecule has 0 saturated heterocycles. The number of ether oxygens (including phenoxy) is 2. The second-order valence-electron chi connectivity index (χ2n) is 7.91. The highest BCUT2D eigenvalue weighted by atomic mass is 16.5. The Balaban J connectivity index is 1.57. The van der Waals surface area contributed by atoms with E-state index in [-0.39, 0.29) is 18.6 Å². The Morgan fingerprint density at radius 2 is 1.77 bits per heavy atom. The van der Waals surface area contributed by atoms with E-state index >= 15 is 0 Å². The second-order valence-corrected chi connectivity index (χ2v) is 7.91. The molecule has 0 aliphatic carbocycles. The summed E-state index contributed by atoms with van der Waals surface area (Å²) in [6, 6.07) is 20.0. The molecule has 2 aromatic carbocycles. The number of rotatable bonds is 8. The number of aromatic nitrogens is 6. The fourth-order valence-corrected chi connectivity index (χ4v) is 3.77. The molecule has 9 heteroatoms. The van der Waals surface area contributed by atoms with Crippen molar-refractivity contribution in [3.8, 4) is 11.8 Å². The first kappa shape index (κ1) is 22.3. The Labute approximate surface area is 202 Å². The van der Waals surface area contributed by atoms with Crippen molar-refractivity contribution in [2.24, 2.45) is 0 Å². The van der Waals surface area contributed by atoms with Gasteiger partial charge in [0.1, 0.15) is 6.61 Å². The molecule has 0 spiro atoms. The largest absolute Gasteiger partial charge is 0.471 e. The molecule has 176 valence electrons. The highest BCUT2D eigenvalue weighted by Gasteiger charge is 2.21. The maximum Gasteiger partial charge on any atom is 0.341 e. The topological polar surface area (TPSA) is 97.0 Å². The van der Waals surface area contributed by atoms with Crippen LogP contribution in [0.4, 0.5) is 0 Å². The number of esters is 1. The van der Waals surface area contributed by atoms with Gasteiger partial charge in [-0.1, -0.05) is 60.7 Å². The van der Waals surface area contributed by atoms with Crippen LogP contribution >= 0.6 is 0 Å². The second kappa shape index (κ2) is 9.76. The van der Waals surface area contributed by atoms with Crippen molar-refractivity contribution in [1.82, 2.24) is 29.3 Å². The third-order valence-corrected chi connectivity index (χ3v) is 5.60. The molecule has 3 heterocycles. The zero-order valence-electron chi connectivity index (χ0n) is 19.4. The van der Waals surface area contributed by atoms with E-state index < -0.39 is 5.97 Å². The summed E-state index contributed by atoms with van der Waals surface area (Å²) < 4.78 is 14.7. The van der Waals surface area contributed by atoms with Crippen molar-refractivity contribution in [3.05, 3.63) is 96.1 Å². The van der Waals surface area contributed by atoms with Crippen molar-refractivity contribution in [2.45, 2.75) is 26.5 Å². The molecule has 0 fully saturated rings. The van der Waals surface area contributed by atoms with Gasteiger partial charge >= 0.3 is 5.97 Å². The summed E-state index contributed by atoms with van der Waals surface area (Å²) in [6.45, 7) is 4.44. The lowest BCUT2D eigenvalue weighted by molar-refractivity contribution is 0.0526. The molecule has 9 nitrogen and oxygen atoms in total. The average molecular weight is 469 g/mol. The maximum atomic E-state index is 12.1. The predicted molar refractivity (Wildman–Crippen MR) is 129 cm³/mol. The van der Waals surface area contributed by atoms with Crippen molar-refractivity contribution in [3.63, 3.8) is 0 Å². The smallest absolute Gasteiger partial charge is 0.341 e. The lowest BCUT2D eigenvalue weighted by Crippen LogP contribution is -2.10. The van der Waals surface area contributed by atoms with Gasteiger partial charge < -0.3 is 14.0 Å². The summed E-state index contributed by atoms with van der Waals surface area (Å²) in [4.78, 5) is 25.9. The zero-order valence-corrected chi connectivity index (χ0v) is 19.4. The summed E-state index contributed by atoms with van der Waals surface area (Å²) in [5.74, 6) is 0.164. The van der Waals surface area contributed by atoms with Crippen LogP contribution in [0.25, 0.3) is 17.1 Å². The molecule has 5 rings (SSSR count). The van der Waals surface area contributed by atoms with E-state index in [9.17, 15) is 4.79 Å². The number of benzene rings is 2. The van der Waals surface area contributed by atoms with Crippen LogP contribution in [0.5, 0.6) is 5.88 Å². The van der Waals surface area contributed by atoms with Gasteiger partial charge in [0.25, 0.3) is 5.95 Å². The molecule has 0 bridgehead atoms. The molecule has 0 saturated carbocycles. The number of fused-ring (bicyclic) bond motifs is 1. The van der Waals surface area contributed by atoms with Crippen LogP contribution in [0.3, 0.4) is 0 Å². The van der Waals surface area contributed by atoms with Crippen LogP contribution in [0.15, 0.2) is 79.4 Å². The van der Waals surface area contributed by atoms with E-state index in [1.165, 1.54) is 17.1 Å². The number of hydrogen-bond acceptors (Lipinski definition) is 7. The van der Waals surface area contributed by atoms with E-state index in [0.29, 0.717) is 29.2 Å². The normalized spacial score (nSPS) is 11.9. The fourth-order valence-electron chi connectivity index (χ4n) is 3.77. The van der Waals surface area contributed by atoms with E-state index in [2.05, 4.69) is 39.1 Å². The molecule has 3 aromatic heterocycles. The van der Waals surface area contributed by atoms with Gasteiger partial charge in [-0.05, 0) is 25.0 Å². The number of carbonyl (C=O) groups excluding carboxylic acids is 1. The molecule has 0 amide bonds. The zero-order chi connectivity index (χ0) is 24.2. The van der Waals surface area contributed by atoms with E-state index in [1.807, 2.05) is 53.1 Å². The molecular weight excluding hydrogens is 444 g/mol. The maximum absolute atomic E-state index is 12.1. The summed E-state index contributed by atoms with van der Waals surface area (Å²) in [7, 11) is 0. The molecular formula is C26H24N6O3. The molecule has 35 heavy (non-hydrogen) atoms. The molecule has 0 aliphatic heterocycles. The molecule has 5 aromatic rings. The van der Waals surface area contributed by atoms with Gasteiger partial charge in [-0.2, -0.15) is 15.1 Å². The van der Waals surface area contributed by atoms with Gasteiger partial charge in [0, 0.05) is 6.20 Å². The number of hydrogen-bond donors (Lipinski definition) is 0. The Kier molecular flexibility index (Phi) is 6.21. The molecule has 1 unspecified atom stereocenters. The minimum atomic E-state index is -0.457. The predicted octanol–water partition coefficient (Wildman–Crippen LogP) is 4.38. The third-order valence-electron chi connectivity index (χ3n) is 5.60. The number of carbonyl (C=O) groups is 1. The Morgan fingerprint density at radius 3 is 2.51 bits per heavy atom.